The van der Waals surface area contributed by atoms with E-state index in [1.807, 2.05) is 60.9 Å². The van der Waals surface area contributed by atoms with E-state index in [-0.39, 0.29) is 0 Å². The summed E-state index contributed by atoms with van der Waals surface area (Å²) < 4.78 is 4.45. The first kappa shape index (κ1) is 33.2. The molecule has 6 heteroatoms. The maximum Gasteiger partial charge on any atom is 0.235 e. The molecule has 4 aromatic heterocycles. The number of hydrogen-bond acceptors (Lipinski definition) is 4. The van der Waals surface area contributed by atoms with Gasteiger partial charge in [0.25, 0.3) is 0 Å². The fourth-order valence-corrected chi connectivity index (χ4v) is 8.28. The molecule has 0 bridgehead atoms. The minimum Gasteiger partial charge on any atom is -0.309 e. The van der Waals surface area contributed by atoms with Crippen LogP contribution in [0.4, 0.5) is 0 Å². The average molecular weight is 741 g/mol. The summed E-state index contributed by atoms with van der Waals surface area (Å²) in [4.78, 5) is 14.8. The van der Waals surface area contributed by atoms with Gasteiger partial charge in [-0.15, -0.1) is 0 Å². The van der Waals surface area contributed by atoms with Gasteiger partial charge in [0.1, 0.15) is 0 Å². The third kappa shape index (κ3) is 5.53. The van der Waals surface area contributed by atoms with E-state index < -0.39 is 0 Å². The third-order valence-electron chi connectivity index (χ3n) is 11.1. The molecule has 0 saturated heterocycles. The lowest BCUT2D eigenvalue weighted by atomic mass is 9.98. The molecule has 0 atom stereocenters. The number of para-hydroxylation sites is 2. The standard InChI is InChI=1S/C52H32N6/c53-32-34-15-17-38(18-16-34)47-31-46(37-9-3-1-4-10-37)55-52(56-47)58-50-26-24-40(30-45(50)43-27-28-54-33-51(43)58)36-21-19-35(20-22-36)39-23-25-49-44(29-39)42-13-7-8-14-48(42)57(49)41-11-5-2-6-12-41/h1-31,33H. The summed E-state index contributed by atoms with van der Waals surface area (Å²) in [6.07, 6.45) is 3.73. The number of benzene rings is 7. The molecule has 0 unspecified atom stereocenters. The van der Waals surface area contributed by atoms with Crippen molar-refractivity contribution in [3.63, 3.8) is 0 Å². The van der Waals surface area contributed by atoms with Crippen molar-refractivity contribution in [2.24, 2.45) is 0 Å². The van der Waals surface area contributed by atoms with Crippen molar-refractivity contribution in [2.45, 2.75) is 0 Å². The Kier molecular flexibility index (Phi) is 7.76. The Hall–Kier alpha value is -8.14. The molecule has 0 spiro atoms. The van der Waals surface area contributed by atoms with Crippen molar-refractivity contribution in [1.29, 1.82) is 5.26 Å². The summed E-state index contributed by atoms with van der Waals surface area (Å²) in [5.74, 6) is 0.551. The van der Waals surface area contributed by atoms with Crippen LogP contribution in [0.5, 0.6) is 0 Å². The molecule has 0 saturated carbocycles. The van der Waals surface area contributed by atoms with Crippen LogP contribution in [0.3, 0.4) is 0 Å². The Morgan fingerprint density at radius 2 is 0.914 bits per heavy atom. The van der Waals surface area contributed by atoms with Gasteiger partial charge in [-0.3, -0.25) is 9.55 Å². The first-order chi connectivity index (χ1) is 28.7. The second-order valence-electron chi connectivity index (χ2n) is 14.5. The van der Waals surface area contributed by atoms with Gasteiger partial charge in [-0.1, -0.05) is 115 Å². The van der Waals surface area contributed by atoms with E-state index >= 15 is 0 Å². The predicted octanol–water partition coefficient (Wildman–Crippen LogP) is 12.6. The summed E-state index contributed by atoms with van der Waals surface area (Å²) in [7, 11) is 0. The fourth-order valence-electron chi connectivity index (χ4n) is 8.28. The highest BCUT2D eigenvalue weighted by molar-refractivity contribution is 6.11. The van der Waals surface area contributed by atoms with E-state index in [1.54, 1.807) is 0 Å². The van der Waals surface area contributed by atoms with Crippen LogP contribution in [0.15, 0.2) is 194 Å². The number of hydrogen-bond donors (Lipinski definition) is 0. The number of pyridine rings is 1. The number of aromatic nitrogens is 5. The summed E-state index contributed by atoms with van der Waals surface area (Å²) in [6.45, 7) is 0. The van der Waals surface area contributed by atoms with E-state index in [0.717, 1.165) is 61.1 Å². The van der Waals surface area contributed by atoms with Crippen LogP contribution in [0.1, 0.15) is 5.56 Å². The largest absolute Gasteiger partial charge is 0.309 e. The van der Waals surface area contributed by atoms with Gasteiger partial charge in [0.2, 0.25) is 5.95 Å². The van der Waals surface area contributed by atoms with Crippen molar-refractivity contribution in [3.05, 3.63) is 200 Å². The zero-order valence-corrected chi connectivity index (χ0v) is 31.2. The Morgan fingerprint density at radius 3 is 1.57 bits per heavy atom. The van der Waals surface area contributed by atoms with Gasteiger partial charge in [-0.25, -0.2) is 9.97 Å². The molecule has 11 aromatic rings. The highest BCUT2D eigenvalue weighted by Gasteiger charge is 2.18. The normalized spacial score (nSPS) is 11.4. The SMILES string of the molecule is N#Cc1ccc(-c2cc(-c3ccccc3)nc(-n3c4ccc(-c5ccc(-c6ccc7c(c6)c6ccccc6n7-c6ccccc6)cc5)cc4c4ccncc43)n2)cc1. The lowest BCUT2D eigenvalue weighted by molar-refractivity contribution is 0.993. The Labute approximate surface area is 334 Å². The van der Waals surface area contributed by atoms with Crippen molar-refractivity contribution in [2.75, 3.05) is 0 Å². The van der Waals surface area contributed by atoms with Crippen LogP contribution in [-0.4, -0.2) is 24.1 Å². The molecule has 0 fully saturated rings. The quantitative estimate of drug-likeness (QED) is 0.170. The predicted molar refractivity (Wildman–Crippen MR) is 235 cm³/mol. The van der Waals surface area contributed by atoms with Crippen LogP contribution in [0, 0.1) is 11.3 Å². The Bertz CT molecular complexity index is 3370. The first-order valence-corrected chi connectivity index (χ1v) is 19.2. The summed E-state index contributed by atoms with van der Waals surface area (Å²) in [5, 5.41) is 14.1. The molecule has 0 aliphatic carbocycles. The van der Waals surface area contributed by atoms with Crippen LogP contribution in [0.2, 0.25) is 0 Å². The molecule has 0 amide bonds. The number of rotatable bonds is 6. The van der Waals surface area contributed by atoms with Crippen molar-refractivity contribution >= 4 is 43.6 Å². The van der Waals surface area contributed by atoms with Crippen LogP contribution in [0.25, 0.3) is 100 Å². The lowest BCUT2D eigenvalue weighted by Gasteiger charge is -2.12. The van der Waals surface area contributed by atoms with Gasteiger partial charge >= 0.3 is 0 Å². The number of nitriles is 1. The smallest absolute Gasteiger partial charge is 0.235 e. The van der Waals surface area contributed by atoms with Gasteiger partial charge in [-0.2, -0.15) is 5.26 Å². The highest BCUT2D eigenvalue weighted by Crippen LogP contribution is 2.38. The van der Waals surface area contributed by atoms with E-state index in [2.05, 4.69) is 154 Å². The fraction of sp³-hybridized carbons (Fsp3) is 0. The molecule has 0 aliphatic heterocycles. The second-order valence-corrected chi connectivity index (χ2v) is 14.5. The molecule has 0 radical (unpaired) electrons. The van der Waals surface area contributed by atoms with Gasteiger partial charge in [0.15, 0.2) is 0 Å². The van der Waals surface area contributed by atoms with Crippen molar-refractivity contribution < 1.29 is 0 Å². The van der Waals surface area contributed by atoms with Gasteiger partial charge in [-0.05, 0) is 89.0 Å². The van der Waals surface area contributed by atoms with Gasteiger partial charge < -0.3 is 4.57 Å². The van der Waals surface area contributed by atoms with Crippen LogP contribution >= 0.6 is 0 Å². The Morgan fingerprint density at radius 1 is 0.397 bits per heavy atom. The van der Waals surface area contributed by atoms with E-state index in [9.17, 15) is 5.26 Å². The lowest BCUT2D eigenvalue weighted by Crippen LogP contribution is -2.04. The molecule has 4 heterocycles. The molecule has 58 heavy (non-hydrogen) atoms. The second kappa shape index (κ2) is 13.6. The molecular formula is C52H32N6. The molecular weight excluding hydrogens is 709 g/mol. The summed E-state index contributed by atoms with van der Waals surface area (Å²) in [6, 6.07) is 65.4. The van der Waals surface area contributed by atoms with E-state index in [1.165, 1.54) is 32.9 Å². The highest BCUT2D eigenvalue weighted by atomic mass is 15.2. The number of nitrogens with zero attached hydrogens (tertiary/aromatic N) is 6. The average Bonchev–Trinajstić information content (AvgIpc) is 3.82. The minimum absolute atomic E-state index is 0.551. The van der Waals surface area contributed by atoms with Crippen LogP contribution < -0.4 is 0 Å². The van der Waals surface area contributed by atoms with Crippen molar-refractivity contribution in [1.82, 2.24) is 24.1 Å². The minimum atomic E-state index is 0.551. The molecule has 7 aromatic carbocycles. The maximum atomic E-state index is 9.42. The van der Waals surface area contributed by atoms with E-state index in [4.69, 9.17) is 9.97 Å². The summed E-state index contributed by atoms with van der Waals surface area (Å²) in [5.41, 5.74) is 14.1. The molecule has 0 aliphatic rings. The topological polar surface area (TPSA) is 72.3 Å². The maximum absolute atomic E-state index is 9.42. The third-order valence-corrected chi connectivity index (χ3v) is 11.1. The number of fused-ring (bicyclic) bond motifs is 6. The monoisotopic (exact) mass is 740 g/mol. The molecule has 270 valence electrons. The molecule has 0 N–H and O–H groups in total. The van der Waals surface area contributed by atoms with Crippen molar-refractivity contribution in [3.8, 4) is 62.5 Å². The zero-order chi connectivity index (χ0) is 38.6. The summed E-state index contributed by atoms with van der Waals surface area (Å²) >= 11 is 0. The first-order valence-electron chi connectivity index (χ1n) is 19.2. The van der Waals surface area contributed by atoms with Gasteiger partial charge in [0, 0.05) is 44.6 Å². The van der Waals surface area contributed by atoms with Gasteiger partial charge in [0.05, 0.1) is 51.3 Å². The van der Waals surface area contributed by atoms with E-state index in [0.29, 0.717) is 11.5 Å². The molecule has 6 nitrogen and oxygen atoms in total. The Balaban J connectivity index is 0.997. The van der Waals surface area contributed by atoms with Crippen LogP contribution in [-0.2, 0) is 0 Å². The zero-order valence-electron chi connectivity index (χ0n) is 31.2. The molecule has 11 rings (SSSR count).